The third-order valence-corrected chi connectivity index (χ3v) is 4.91. The minimum atomic E-state index is -1.13. The first-order chi connectivity index (χ1) is 14.2. The molecule has 2 unspecified atom stereocenters. The molecule has 0 radical (unpaired) electrons. The van der Waals surface area contributed by atoms with Gasteiger partial charge in [-0.15, -0.1) is 0 Å². The molecule has 6 nitrogen and oxygen atoms in total. The van der Waals surface area contributed by atoms with Crippen LogP contribution in [0.5, 0.6) is 0 Å². The van der Waals surface area contributed by atoms with Crippen LogP contribution in [0, 0.1) is 12.8 Å². The number of carbonyl (C=O) groups is 3. The highest BCUT2D eigenvalue weighted by molar-refractivity contribution is 5.98. The zero-order valence-corrected chi connectivity index (χ0v) is 18.0. The Labute approximate surface area is 177 Å². The Hall–Kier alpha value is -3.15. The van der Waals surface area contributed by atoms with E-state index in [1.807, 2.05) is 25.1 Å². The molecule has 0 aliphatic rings. The highest BCUT2D eigenvalue weighted by Crippen LogP contribution is 2.25. The SMILES string of the molecule is Cc1ccc(C(=O)N(CCC(C)C)C(C(=O)NC(C)C(=O)O)c2ccccc2)cc1. The van der Waals surface area contributed by atoms with Gasteiger partial charge in [-0.05, 0) is 43.9 Å². The minimum absolute atomic E-state index is 0.261. The molecular weight excluding hydrogens is 380 g/mol. The Morgan fingerprint density at radius 1 is 0.967 bits per heavy atom. The Bertz CT molecular complexity index is 863. The summed E-state index contributed by atoms with van der Waals surface area (Å²) in [5.41, 5.74) is 2.16. The van der Waals surface area contributed by atoms with Crippen LogP contribution in [-0.2, 0) is 9.59 Å². The molecule has 0 fully saturated rings. The number of benzene rings is 2. The van der Waals surface area contributed by atoms with Crippen molar-refractivity contribution >= 4 is 17.8 Å². The fourth-order valence-electron chi connectivity index (χ4n) is 3.07. The molecular formula is C24H30N2O4. The largest absolute Gasteiger partial charge is 0.480 e. The van der Waals surface area contributed by atoms with Gasteiger partial charge in [0.25, 0.3) is 5.91 Å². The Balaban J connectivity index is 2.47. The number of nitrogens with zero attached hydrogens (tertiary/aromatic N) is 1. The standard InChI is InChI=1S/C24H30N2O4/c1-16(2)14-15-26(23(28)20-12-10-17(3)11-13-20)21(19-8-6-5-7-9-19)22(27)25-18(4)24(29)30/h5-13,16,18,21H,14-15H2,1-4H3,(H,25,27)(H,29,30). The number of hydrogen-bond acceptors (Lipinski definition) is 3. The highest BCUT2D eigenvalue weighted by Gasteiger charge is 2.33. The summed E-state index contributed by atoms with van der Waals surface area (Å²) in [4.78, 5) is 39.4. The maximum Gasteiger partial charge on any atom is 0.325 e. The lowest BCUT2D eigenvalue weighted by molar-refractivity contribution is -0.142. The number of carboxylic acid groups (broad SMARTS) is 1. The summed E-state index contributed by atoms with van der Waals surface area (Å²) >= 11 is 0. The summed E-state index contributed by atoms with van der Waals surface area (Å²) in [6.07, 6.45) is 0.711. The molecule has 0 aliphatic heterocycles. The molecule has 0 aliphatic carbocycles. The monoisotopic (exact) mass is 410 g/mol. The molecule has 0 bridgehead atoms. The lowest BCUT2D eigenvalue weighted by Crippen LogP contribution is -2.48. The maximum atomic E-state index is 13.4. The van der Waals surface area contributed by atoms with E-state index in [9.17, 15) is 19.5 Å². The highest BCUT2D eigenvalue weighted by atomic mass is 16.4. The first kappa shape index (κ1) is 23.1. The van der Waals surface area contributed by atoms with Gasteiger partial charge in [-0.25, -0.2) is 0 Å². The molecule has 2 N–H and O–H groups in total. The van der Waals surface area contributed by atoms with Crippen molar-refractivity contribution in [1.29, 1.82) is 0 Å². The number of carboxylic acids is 1. The van der Waals surface area contributed by atoms with Crippen LogP contribution < -0.4 is 5.32 Å². The number of rotatable bonds is 9. The molecule has 2 aromatic carbocycles. The van der Waals surface area contributed by atoms with Crippen LogP contribution in [0.15, 0.2) is 54.6 Å². The van der Waals surface area contributed by atoms with Crippen molar-refractivity contribution in [3.63, 3.8) is 0 Å². The Morgan fingerprint density at radius 3 is 2.10 bits per heavy atom. The summed E-state index contributed by atoms with van der Waals surface area (Å²) in [5, 5.41) is 11.7. The van der Waals surface area contributed by atoms with E-state index < -0.39 is 24.0 Å². The molecule has 0 aromatic heterocycles. The molecule has 0 saturated carbocycles. The summed E-state index contributed by atoms with van der Waals surface area (Å²) in [6, 6.07) is 14.2. The molecule has 30 heavy (non-hydrogen) atoms. The Kier molecular flexibility index (Phi) is 8.16. The van der Waals surface area contributed by atoms with E-state index >= 15 is 0 Å². The van der Waals surface area contributed by atoms with Gasteiger partial charge in [-0.1, -0.05) is 61.9 Å². The first-order valence-electron chi connectivity index (χ1n) is 10.2. The van der Waals surface area contributed by atoms with Gasteiger partial charge < -0.3 is 15.3 Å². The summed E-state index contributed by atoms with van der Waals surface area (Å²) < 4.78 is 0. The number of nitrogens with one attached hydrogen (secondary N) is 1. The van der Waals surface area contributed by atoms with E-state index in [-0.39, 0.29) is 5.91 Å². The van der Waals surface area contributed by atoms with Gasteiger partial charge in [-0.2, -0.15) is 0 Å². The molecule has 2 aromatic rings. The molecule has 0 saturated heterocycles. The quantitative estimate of drug-likeness (QED) is 0.658. The normalized spacial score (nSPS) is 12.8. The number of aliphatic carboxylic acids is 1. The lowest BCUT2D eigenvalue weighted by Gasteiger charge is -2.32. The van der Waals surface area contributed by atoms with E-state index in [4.69, 9.17) is 0 Å². The maximum absolute atomic E-state index is 13.4. The molecule has 2 amide bonds. The third kappa shape index (κ3) is 6.17. The van der Waals surface area contributed by atoms with Gasteiger partial charge in [-0.3, -0.25) is 14.4 Å². The van der Waals surface area contributed by atoms with Crippen molar-refractivity contribution < 1.29 is 19.5 Å². The average molecular weight is 411 g/mol. The number of amides is 2. The Morgan fingerprint density at radius 2 is 1.57 bits per heavy atom. The molecule has 160 valence electrons. The van der Waals surface area contributed by atoms with Crippen molar-refractivity contribution in [3.05, 3.63) is 71.3 Å². The van der Waals surface area contributed by atoms with Gasteiger partial charge in [0, 0.05) is 12.1 Å². The summed E-state index contributed by atoms with van der Waals surface area (Å²) in [5.74, 6) is -1.58. The molecule has 0 heterocycles. The predicted octanol–water partition coefficient (Wildman–Crippen LogP) is 3.81. The van der Waals surface area contributed by atoms with Crippen LogP contribution in [-0.4, -0.2) is 40.4 Å². The van der Waals surface area contributed by atoms with Crippen LogP contribution in [0.25, 0.3) is 0 Å². The predicted molar refractivity (Wildman–Crippen MR) is 116 cm³/mol. The van der Waals surface area contributed by atoms with Crippen LogP contribution in [0.4, 0.5) is 0 Å². The molecule has 2 atom stereocenters. The van der Waals surface area contributed by atoms with E-state index in [2.05, 4.69) is 19.2 Å². The minimum Gasteiger partial charge on any atom is -0.480 e. The van der Waals surface area contributed by atoms with Gasteiger partial charge in [0.1, 0.15) is 12.1 Å². The van der Waals surface area contributed by atoms with Gasteiger partial charge >= 0.3 is 5.97 Å². The smallest absolute Gasteiger partial charge is 0.325 e. The van der Waals surface area contributed by atoms with Gasteiger partial charge in [0.05, 0.1) is 0 Å². The van der Waals surface area contributed by atoms with Gasteiger partial charge in [0.2, 0.25) is 5.91 Å². The van der Waals surface area contributed by atoms with Crippen molar-refractivity contribution in [2.75, 3.05) is 6.54 Å². The zero-order chi connectivity index (χ0) is 22.3. The lowest BCUT2D eigenvalue weighted by atomic mass is 10.0. The van der Waals surface area contributed by atoms with Crippen molar-refractivity contribution in [1.82, 2.24) is 10.2 Å². The van der Waals surface area contributed by atoms with Gasteiger partial charge in [0.15, 0.2) is 0 Å². The summed E-state index contributed by atoms with van der Waals surface area (Å²) in [6.45, 7) is 7.83. The van der Waals surface area contributed by atoms with Crippen LogP contribution in [0.2, 0.25) is 0 Å². The summed E-state index contributed by atoms with van der Waals surface area (Å²) in [7, 11) is 0. The second kappa shape index (κ2) is 10.6. The molecule has 2 rings (SSSR count). The van der Waals surface area contributed by atoms with Crippen molar-refractivity contribution in [2.24, 2.45) is 5.92 Å². The first-order valence-corrected chi connectivity index (χ1v) is 10.2. The topological polar surface area (TPSA) is 86.7 Å². The van der Waals surface area contributed by atoms with Crippen LogP contribution in [0.1, 0.15) is 54.7 Å². The van der Waals surface area contributed by atoms with E-state index in [1.54, 1.807) is 41.3 Å². The van der Waals surface area contributed by atoms with E-state index in [0.29, 0.717) is 30.0 Å². The van der Waals surface area contributed by atoms with Crippen molar-refractivity contribution in [3.8, 4) is 0 Å². The molecule has 0 spiro atoms. The molecule has 6 heteroatoms. The number of carbonyl (C=O) groups excluding carboxylic acids is 2. The fraction of sp³-hybridized carbons (Fsp3) is 0.375. The second-order valence-electron chi connectivity index (χ2n) is 7.93. The number of hydrogen-bond donors (Lipinski definition) is 2. The van der Waals surface area contributed by atoms with E-state index in [1.165, 1.54) is 6.92 Å². The van der Waals surface area contributed by atoms with E-state index in [0.717, 1.165) is 5.56 Å². The second-order valence-corrected chi connectivity index (χ2v) is 7.93. The fourth-order valence-corrected chi connectivity index (χ4v) is 3.07. The van der Waals surface area contributed by atoms with Crippen LogP contribution >= 0.6 is 0 Å². The van der Waals surface area contributed by atoms with Crippen molar-refractivity contribution in [2.45, 2.75) is 46.2 Å². The third-order valence-electron chi connectivity index (χ3n) is 4.91. The number of aryl methyl sites for hydroxylation is 1. The zero-order valence-electron chi connectivity index (χ0n) is 18.0. The van der Waals surface area contributed by atoms with Crippen LogP contribution in [0.3, 0.4) is 0 Å². The average Bonchev–Trinajstić information content (AvgIpc) is 2.71.